The molecule has 0 aliphatic rings. The van der Waals surface area contributed by atoms with Gasteiger partial charge >= 0.3 is 0 Å². The number of ether oxygens (including phenoxy) is 1. The third-order valence-corrected chi connectivity index (χ3v) is 2.90. The SMILES string of the molecule is Cc1n[nH]c(C)c1NC(=O)COc1ccccc1Cl. The highest BCUT2D eigenvalue weighted by molar-refractivity contribution is 6.32. The van der Waals surface area contributed by atoms with Crippen LogP contribution in [0.5, 0.6) is 5.75 Å². The lowest BCUT2D eigenvalue weighted by atomic mass is 10.3. The lowest BCUT2D eigenvalue weighted by Gasteiger charge is -2.08. The number of amides is 1. The number of halogens is 1. The maximum absolute atomic E-state index is 11.8. The first-order valence-electron chi connectivity index (χ1n) is 5.76. The van der Waals surface area contributed by atoms with Crippen molar-refractivity contribution < 1.29 is 9.53 Å². The van der Waals surface area contributed by atoms with Gasteiger partial charge in [-0.25, -0.2) is 0 Å². The molecule has 2 rings (SSSR count). The number of nitrogens with one attached hydrogen (secondary N) is 2. The van der Waals surface area contributed by atoms with Gasteiger partial charge in [-0.2, -0.15) is 5.10 Å². The molecule has 0 aliphatic carbocycles. The van der Waals surface area contributed by atoms with Crippen LogP contribution in [0.15, 0.2) is 24.3 Å². The second-order valence-electron chi connectivity index (χ2n) is 4.08. The number of hydrogen-bond acceptors (Lipinski definition) is 3. The van der Waals surface area contributed by atoms with Gasteiger partial charge in [0.05, 0.1) is 22.1 Å². The number of para-hydroxylation sites is 1. The molecule has 0 spiro atoms. The number of aryl methyl sites for hydroxylation is 2. The molecule has 100 valence electrons. The molecule has 1 amide bonds. The number of benzene rings is 1. The van der Waals surface area contributed by atoms with Crippen molar-refractivity contribution in [3.63, 3.8) is 0 Å². The molecule has 1 aromatic heterocycles. The molecule has 1 aromatic carbocycles. The highest BCUT2D eigenvalue weighted by Gasteiger charge is 2.11. The highest BCUT2D eigenvalue weighted by atomic mass is 35.5. The van der Waals surface area contributed by atoms with Crippen molar-refractivity contribution in [1.29, 1.82) is 0 Å². The van der Waals surface area contributed by atoms with Gasteiger partial charge in [0.2, 0.25) is 0 Å². The molecule has 6 heteroatoms. The summed E-state index contributed by atoms with van der Waals surface area (Å²) in [6, 6.07) is 7.01. The molecule has 1 heterocycles. The quantitative estimate of drug-likeness (QED) is 0.904. The number of carbonyl (C=O) groups excluding carboxylic acids is 1. The first-order valence-corrected chi connectivity index (χ1v) is 6.14. The number of rotatable bonds is 4. The summed E-state index contributed by atoms with van der Waals surface area (Å²) >= 11 is 5.93. The zero-order valence-corrected chi connectivity index (χ0v) is 11.4. The molecule has 0 bridgehead atoms. The Hall–Kier alpha value is -2.01. The fraction of sp³-hybridized carbons (Fsp3) is 0.231. The summed E-state index contributed by atoms with van der Waals surface area (Å²) < 4.78 is 5.35. The Bertz CT molecular complexity index is 576. The standard InChI is InChI=1S/C13H14ClN3O2/c1-8-13(9(2)17-16-8)15-12(18)7-19-11-6-4-3-5-10(11)14/h3-6H,7H2,1-2H3,(H,15,18)(H,16,17). The van der Waals surface area contributed by atoms with E-state index < -0.39 is 0 Å². The van der Waals surface area contributed by atoms with Gasteiger partial charge in [-0.05, 0) is 26.0 Å². The summed E-state index contributed by atoms with van der Waals surface area (Å²) in [5.41, 5.74) is 2.24. The molecule has 2 aromatic rings. The van der Waals surface area contributed by atoms with Crippen LogP contribution in [0.2, 0.25) is 5.02 Å². The second-order valence-corrected chi connectivity index (χ2v) is 4.48. The Kier molecular flexibility index (Phi) is 4.06. The Morgan fingerprint density at radius 3 is 2.79 bits per heavy atom. The number of hydrogen-bond donors (Lipinski definition) is 2. The number of carbonyl (C=O) groups is 1. The molecule has 0 aliphatic heterocycles. The summed E-state index contributed by atoms with van der Waals surface area (Å²) in [5, 5.41) is 10.0. The Morgan fingerprint density at radius 1 is 1.42 bits per heavy atom. The van der Waals surface area contributed by atoms with Crippen LogP contribution in [-0.4, -0.2) is 22.7 Å². The van der Waals surface area contributed by atoms with Crippen LogP contribution >= 0.6 is 11.6 Å². The van der Waals surface area contributed by atoms with E-state index in [1.54, 1.807) is 24.3 Å². The molecule has 5 nitrogen and oxygen atoms in total. The average Bonchev–Trinajstić information content (AvgIpc) is 2.70. The van der Waals surface area contributed by atoms with Gasteiger partial charge in [-0.15, -0.1) is 0 Å². The average molecular weight is 280 g/mol. The number of anilines is 1. The van der Waals surface area contributed by atoms with Crippen LogP contribution < -0.4 is 10.1 Å². The number of aromatic amines is 1. The van der Waals surface area contributed by atoms with Crippen molar-refractivity contribution in [2.75, 3.05) is 11.9 Å². The van der Waals surface area contributed by atoms with Gasteiger partial charge in [0.1, 0.15) is 5.75 Å². The third-order valence-electron chi connectivity index (χ3n) is 2.59. The molecule has 0 saturated carbocycles. The number of aromatic nitrogens is 2. The van der Waals surface area contributed by atoms with Crippen molar-refractivity contribution in [3.05, 3.63) is 40.7 Å². The van der Waals surface area contributed by atoms with E-state index in [9.17, 15) is 4.79 Å². The van der Waals surface area contributed by atoms with E-state index in [1.165, 1.54) is 0 Å². The largest absolute Gasteiger partial charge is 0.482 e. The maximum Gasteiger partial charge on any atom is 0.262 e. The van der Waals surface area contributed by atoms with Crippen LogP contribution in [0.3, 0.4) is 0 Å². The fourth-order valence-electron chi connectivity index (χ4n) is 1.62. The second kappa shape index (κ2) is 5.75. The summed E-state index contributed by atoms with van der Waals surface area (Å²) in [4.78, 5) is 11.8. The first-order chi connectivity index (χ1) is 9.08. The van der Waals surface area contributed by atoms with Gasteiger partial charge in [0, 0.05) is 0 Å². The molecule has 0 radical (unpaired) electrons. The van der Waals surface area contributed by atoms with Crippen molar-refractivity contribution in [2.24, 2.45) is 0 Å². The minimum Gasteiger partial charge on any atom is -0.482 e. The third kappa shape index (κ3) is 3.26. The van der Waals surface area contributed by atoms with Crippen molar-refractivity contribution in [1.82, 2.24) is 10.2 Å². The summed E-state index contributed by atoms with van der Waals surface area (Å²) in [6.07, 6.45) is 0. The van der Waals surface area contributed by atoms with E-state index in [-0.39, 0.29) is 12.5 Å². The maximum atomic E-state index is 11.8. The monoisotopic (exact) mass is 279 g/mol. The van der Waals surface area contributed by atoms with E-state index in [4.69, 9.17) is 16.3 Å². The van der Waals surface area contributed by atoms with E-state index in [2.05, 4.69) is 15.5 Å². The molecular weight excluding hydrogens is 266 g/mol. The van der Waals surface area contributed by atoms with Crippen LogP contribution in [0, 0.1) is 13.8 Å². The van der Waals surface area contributed by atoms with Crippen LogP contribution in [0.4, 0.5) is 5.69 Å². The summed E-state index contributed by atoms with van der Waals surface area (Å²) in [6.45, 7) is 3.55. The topological polar surface area (TPSA) is 67.0 Å². The van der Waals surface area contributed by atoms with E-state index >= 15 is 0 Å². The fourth-order valence-corrected chi connectivity index (χ4v) is 1.81. The smallest absolute Gasteiger partial charge is 0.262 e. The van der Waals surface area contributed by atoms with Crippen molar-refractivity contribution >= 4 is 23.2 Å². The summed E-state index contributed by atoms with van der Waals surface area (Å²) in [5.74, 6) is 0.229. The predicted molar refractivity (Wildman–Crippen MR) is 73.6 cm³/mol. The number of nitrogens with zero attached hydrogens (tertiary/aromatic N) is 1. The highest BCUT2D eigenvalue weighted by Crippen LogP contribution is 2.23. The molecule has 19 heavy (non-hydrogen) atoms. The van der Waals surface area contributed by atoms with E-state index in [1.807, 2.05) is 13.8 Å². The van der Waals surface area contributed by atoms with Crippen LogP contribution in [0.25, 0.3) is 0 Å². The minimum absolute atomic E-state index is 0.103. The minimum atomic E-state index is -0.257. The molecule has 0 saturated heterocycles. The van der Waals surface area contributed by atoms with Crippen LogP contribution in [-0.2, 0) is 4.79 Å². The zero-order chi connectivity index (χ0) is 13.8. The van der Waals surface area contributed by atoms with Crippen molar-refractivity contribution in [3.8, 4) is 5.75 Å². The summed E-state index contributed by atoms with van der Waals surface area (Å²) in [7, 11) is 0. The normalized spacial score (nSPS) is 10.3. The number of H-pyrrole nitrogens is 1. The first kappa shape index (κ1) is 13.4. The van der Waals surface area contributed by atoms with Crippen molar-refractivity contribution in [2.45, 2.75) is 13.8 Å². The van der Waals surface area contributed by atoms with E-state index in [0.717, 1.165) is 11.4 Å². The van der Waals surface area contributed by atoms with Gasteiger partial charge in [0.15, 0.2) is 6.61 Å². The van der Waals surface area contributed by atoms with Gasteiger partial charge < -0.3 is 10.1 Å². The molecular formula is C13H14ClN3O2. The lowest BCUT2D eigenvalue weighted by molar-refractivity contribution is -0.118. The predicted octanol–water partition coefficient (Wildman–Crippen LogP) is 2.70. The Morgan fingerprint density at radius 2 is 2.16 bits per heavy atom. The van der Waals surface area contributed by atoms with Gasteiger partial charge in [-0.3, -0.25) is 9.89 Å². The Balaban J connectivity index is 1.94. The van der Waals surface area contributed by atoms with Gasteiger partial charge in [0.25, 0.3) is 5.91 Å². The molecule has 0 atom stereocenters. The molecule has 0 fully saturated rings. The zero-order valence-electron chi connectivity index (χ0n) is 10.7. The van der Waals surface area contributed by atoms with Crippen LogP contribution in [0.1, 0.15) is 11.4 Å². The van der Waals surface area contributed by atoms with Gasteiger partial charge in [-0.1, -0.05) is 23.7 Å². The molecule has 0 unspecified atom stereocenters. The molecule has 2 N–H and O–H groups in total. The Labute approximate surface area is 115 Å². The lowest BCUT2D eigenvalue weighted by Crippen LogP contribution is -2.20. The van der Waals surface area contributed by atoms with E-state index in [0.29, 0.717) is 16.5 Å².